The molecule has 1 N–H and O–H groups in total. The van der Waals surface area contributed by atoms with Gasteiger partial charge in [0.2, 0.25) is 10.0 Å². The van der Waals surface area contributed by atoms with E-state index in [1.807, 2.05) is 6.07 Å². The van der Waals surface area contributed by atoms with Gasteiger partial charge in [0.1, 0.15) is 5.82 Å². The fraction of sp³-hybridized carbons (Fsp3) is 0.304. The normalized spacial score (nSPS) is 12.4. The highest BCUT2D eigenvalue weighted by Crippen LogP contribution is 2.22. The second kappa shape index (κ2) is 10.0. The van der Waals surface area contributed by atoms with Crippen LogP contribution in [0.5, 0.6) is 0 Å². The molecule has 0 spiro atoms. The van der Waals surface area contributed by atoms with Crippen LogP contribution in [0.25, 0.3) is 11.0 Å². The number of rotatable bonds is 8. The average Bonchev–Trinajstić information content (AvgIpc) is 3.12. The summed E-state index contributed by atoms with van der Waals surface area (Å²) in [5.74, 6) is -0.470. The molecule has 1 heterocycles. The predicted molar refractivity (Wildman–Crippen MR) is 125 cm³/mol. The SMILES string of the molecule is C[C@H](OC(=O)CCc1nc2cc(S(=O)(=O)N(C)C)ccc2n1C)C(=O)Nc1ccc(C#N)cc1. The van der Waals surface area contributed by atoms with Gasteiger partial charge >= 0.3 is 5.97 Å². The van der Waals surface area contributed by atoms with E-state index in [-0.39, 0.29) is 17.7 Å². The number of sulfonamides is 1. The fourth-order valence-electron chi connectivity index (χ4n) is 3.22. The van der Waals surface area contributed by atoms with Crippen LogP contribution in [0.15, 0.2) is 47.4 Å². The minimum absolute atomic E-state index is 0.00545. The minimum Gasteiger partial charge on any atom is -0.453 e. The van der Waals surface area contributed by atoms with E-state index in [0.29, 0.717) is 22.6 Å². The van der Waals surface area contributed by atoms with Gasteiger partial charge in [-0.3, -0.25) is 9.59 Å². The Bertz CT molecular complexity index is 1370. The number of hydrogen-bond donors (Lipinski definition) is 1. The predicted octanol–water partition coefficient (Wildman–Crippen LogP) is 2.20. The quantitative estimate of drug-likeness (QED) is 0.485. The van der Waals surface area contributed by atoms with E-state index in [1.165, 1.54) is 33.2 Å². The van der Waals surface area contributed by atoms with Gasteiger partial charge in [-0.15, -0.1) is 0 Å². The van der Waals surface area contributed by atoms with Crippen molar-refractivity contribution < 1.29 is 22.7 Å². The summed E-state index contributed by atoms with van der Waals surface area (Å²) in [6.45, 7) is 1.47. The van der Waals surface area contributed by atoms with E-state index in [4.69, 9.17) is 10.00 Å². The number of ether oxygens (including phenoxy) is 1. The zero-order chi connectivity index (χ0) is 25.0. The van der Waals surface area contributed by atoms with Gasteiger partial charge in [0.05, 0.1) is 34.0 Å². The first-order valence-corrected chi connectivity index (χ1v) is 11.9. The molecule has 0 aliphatic rings. The summed E-state index contributed by atoms with van der Waals surface area (Å²) in [4.78, 5) is 29.2. The Morgan fingerprint density at radius 1 is 1.21 bits per heavy atom. The highest BCUT2D eigenvalue weighted by molar-refractivity contribution is 7.89. The molecular formula is C23H25N5O5S. The summed E-state index contributed by atoms with van der Waals surface area (Å²) in [6, 6.07) is 13.0. The van der Waals surface area contributed by atoms with Gasteiger partial charge in [0, 0.05) is 33.3 Å². The molecule has 1 aromatic heterocycles. The first-order valence-electron chi connectivity index (χ1n) is 10.4. The van der Waals surface area contributed by atoms with Gasteiger partial charge in [0.25, 0.3) is 5.91 Å². The molecule has 0 radical (unpaired) electrons. The number of nitriles is 1. The maximum Gasteiger partial charge on any atom is 0.307 e. The van der Waals surface area contributed by atoms with Gasteiger partial charge in [-0.25, -0.2) is 17.7 Å². The Morgan fingerprint density at radius 2 is 1.88 bits per heavy atom. The number of carbonyl (C=O) groups is 2. The summed E-state index contributed by atoms with van der Waals surface area (Å²) in [5.41, 5.74) is 2.19. The topological polar surface area (TPSA) is 134 Å². The number of amides is 1. The van der Waals surface area contributed by atoms with Crippen LogP contribution in [0.2, 0.25) is 0 Å². The third-order valence-electron chi connectivity index (χ3n) is 5.24. The number of anilines is 1. The lowest BCUT2D eigenvalue weighted by molar-refractivity contribution is -0.153. The highest BCUT2D eigenvalue weighted by Gasteiger charge is 2.21. The van der Waals surface area contributed by atoms with Crippen LogP contribution in [0, 0.1) is 11.3 Å². The van der Waals surface area contributed by atoms with Crippen molar-refractivity contribution in [2.24, 2.45) is 7.05 Å². The van der Waals surface area contributed by atoms with E-state index >= 15 is 0 Å². The highest BCUT2D eigenvalue weighted by atomic mass is 32.2. The van der Waals surface area contributed by atoms with E-state index in [9.17, 15) is 18.0 Å². The Labute approximate surface area is 197 Å². The number of nitrogens with one attached hydrogen (secondary N) is 1. The van der Waals surface area contributed by atoms with Crippen molar-refractivity contribution >= 4 is 38.6 Å². The maximum absolute atomic E-state index is 12.4. The van der Waals surface area contributed by atoms with Gasteiger partial charge in [0.15, 0.2) is 6.10 Å². The Kier molecular flexibility index (Phi) is 7.34. The number of hydrogen-bond acceptors (Lipinski definition) is 7. The van der Waals surface area contributed by atoms with E-state index in [2.05, 4.69) is 10.3 Å². The van der Waals surface area contributed by atoms with Crippen molar-refractivity contribution in [1.82, 2.24) is 13.9 Å². The lowest BCUT2D eigenvalue weighted by atomic mass is 10.2. The Morgan fingerprint density at radius 3 is 2.50 bits per heavy atom. The van der Waals surface area contributed by atoms with Crippen molar-refractivity contribution in [1.29, 1.82) is 5.26 Å². The zero-order valence-electron chi connectivity index (χ0n) is 19.3. The molecule has 0 bridgehead atoms. The molecule has 0 unspecified atom stereocenters. The third-order valence-corrected chi connectivity index (χ3v) is 7.05. The molecule has 1 atom stereocenters. The number of aromatic nitrogens is 2. The average molecular weight is 484 g/mol. The molecule has 10 nitrogen and oxygen atoms in total. The summed E-state index contributed by atoms with van der Waals surface area (Å²) in [5, 5.41) is 11.5. The Balaban J connectivity index is 1.61. The number of carbonyl (C=O) groups excluding carboxylic acids is 2. The molecule has 178 valence electrons. The number of esters is 1. The largest absolute Gasteiger partial charge is 0.453 e. The number of aryl methyl sites for hydroxylation is 2. The van der Waals surface area contributed by atoms with Crippen molar-refractivity contribution in [3.63, 3.8) is 0 Å². The van der Waals surface area contributed by atoms with Gasteiger partial charge in [-0.1, -0.05) is 0 Å². The molecule has 0 saturated heterocycles. The van der Waals surface area contributed by atoms with Crippen LogP contribution in [0.3, 0.4) is 0 Å². The van der Waals surface area contributed by atoms with Crippen molar-refractivity contribution in [2.45, 2.75) is 30.8 Å². The van der Waals surface area contributed by atoms with Crippen molar-refractivity contribution in [3.05, 3.63) is 53.9 Å². The van der Waals surface area contributed by atoms with Gasteiger partial charge < -0.3 is 14.6 Å². The molecule has 0 saturated carbocycles. The van der Waals surface area contributed by atoms with E-state index in [0.717, 1.165) is 9.82 Å². The van der Waals surface area contributed by atoms with Gasteiger partial charge in [-0.05, 0) is 49.4 Å². The van der Waals surface area contributed by atoms with Gasteiger partial charge in [-0.2, -0.15) is 5.26 Å². The van der Waals surface area contributed by atoms with Crippen LogP contribution in [-0.2, 0) is 37.8 Å². The molecule has 0 aliphatic carbocycles. The molecule has 3 rings (SSSR count). The smallest absolute Gasteiger partial charge is 0.307 e. The number of imidazole rings is 1. The molecule has 1 amide bonds. The lowest BCUT2D eigenvalue weighted by Crippen LogP contribution is -2.30. The van der Waals surface area contributed by atoms with Crippen LogP contribution < -0.4 is 5.32 Å². The molecular weight excluding hydrogens is 458 g/mol. The maximum atomic E-state index is 12.4. The summed E-state index contributed by atoms with van der Waals surface area (Å²) in [6.07, 6.45) is -0.763. The first-order chi connectivity index (χ1) is 16.0. The molecule has 3 aromatic rings. The number of benzene rings is 2. The number of fused-ring (bicyclic) bond motifs is 1. The molecule has 0 aliphatic heterocycles. The van der Waals surface area contributed by atoms with E-state index in [1.54, 1.807) is 41.9 Å². The zero-order valence-corrected chi connectivity index (χ0v) is 20.1. The minimum atomic E-state index is -3.59. The lowest BCUT2D eigenvalue weighted by Gasteiger charge is -2.13. The van der Waals surface area contributed by atoms with Crippen molar-refractivity contribution in [3.8, 4) is 6.07 Å². The molecule has 34 heavy (non-hydrogen) atoms. The second-order valence-corrected chi connectivity index (χ2v) is 9.99. The fourth-order valence-corrected chi connectivity index (χ4v) is 4.14. The summed E-state index contributed by atoms with van der Waals surface area (Å²) >= 11 is 0. The third kappa shape index (κ3) is 5.41. The molecule has 2 aromatic carbocycles. The summed E-state index contributed by atoms with van der Waals surface area (Å²) < 4.78 is 32.9. The monoisotopic (exact) mass is 483 g/mol. The molecule has 0 fully saturated rings. The van der Waals surface area contributed by atoms with Crippen LogP contribution in [0.4, 0.5) is 5.69 Å². The summed E-state index contributed by atoms with van der Waals surface area (Å²) in [7, 11) is 1.11. The molecule has 11 heteroatoms. The first kappa shape index (κ1) is 24.9. The van der Waals surface area contributed by atoms with Crippen LogP contribution in [-0.4, -0.2) is 54.3 Å². The number of nitrogens with zero attached hydrogens (tertiary/aromatic N) is 4. The van der Waals surface area contributed by atoms with Crippen LogP contribution >= 0.6 is 0 Å². The standard InChI is InChI=1S/C23H25N5O5S/c1-15(23(30)25-17-7-5-16(14-24)6-8-17)33-22(29)12-11-21-26-19-13-18(34(31,32)27(2)3)9-10-20(19)28(21)4/h5-10,13,15H,11-12H2,1-4H3,(H,25,30)/t15-/m0/s1. The Hall–Kier alpha value is -3.75. The second-order valence-electron chi connectivity index (χ2n) is 7.84. The van der Waals surface area contributed by atoms with Crippen molar-refractivity contribution in [2.75, 3.05) is 19.4 Å². The van der Waals surface area contributed by atoms with Crippen LogP contribution in [0.1, 0.15) is 24.7 Å². The van der Waals surface area contributed by atoms with E-state index < -0.39 is 28.0 Å².